The maximum absolute atomic E-state index is 13.5. The lowest BCUT2D eigenvalue weighted by molar-refractivity contribution is -0.138. The SMILES string of the molecule is CN1CCN(C(=O)[C@H](Cc2ccc(C#N)cc2)NC(=O)C2(c3ccc(Cl)cc3Cl)CC2)CC1. The molecule has 0 bridgehead atoms. The zero-order valence-electron chi connectivity index (χ0n) is 18.5. The molecule has 0 radical (unpaired) electrons. The summed E-state index contributed by atoms with van der Waals surface area (Å²) in [6.07, 6.45) is 1.70. The molecule has 172 valence electrons. The van der Waals surface area contributed by atoms with Gasteiger partial charge in [-0.25, -0.2) is 0 Å². The highest BCUT2D eigenvalue weighted by Gasteiger charge is 2.53. The summed E-state index contributed by atoms with van der Waals surface area (Å²) in [6, 6.07) is 13.7. The molecule has 0 spiro atoms. The first-order valence-corrected chi connectivity index (χ1v) is 11.8. The van der Waals surface area contributed by atoms with Gasteiger partial charge < -0.3 is 15.1 Å². The van der Waals surface area contributed by atoms with E-state index in [4.69, 9.17) is 28.5 Å². The lowest BCUT2D eigenvalue weighted by atomic mass is 9.93. The molecule has 2 aromatic rings. The van der Waals surface area contributed by atoms with Gasteiger partial charge in [0.1, 0.15) is 6.04 Å². The maximum Gasteiger partial charge on any atom is 0.245 e. The van der Waals surface area contributed by atoms with Gasteiger partial charge in [-0.1, -0.05) is 41.4 Å². The van der Waals surface area contributed by atoms with E-state index in [9.17, 15) is 9.59 Å². The van der Waals surface area contributed by atoms with Crippen LogP contribution in [0.5, 0.6) is 0 Å². The first-order chi connectivity index (χ1) is 15.8. The van der Waals surface area contributed by atoms with Gasteiger partial charge >= 0.3 is 0 Å². The van der Waals surface area contributed by atoms with Crippen LogP contribution in [0.3, 0.4) is 0 Å². The molecule has 6 nitrogen and oxygen atoms in total. The molecule has 1 saturated heterocycles. The van der Waals surface area contributed by atoms with Crippen molar-refractivity contribution < 1.29 is 9.59 Å². The Labute approximate surface area is 204 Å². The van der Waals surface area contributed by atoms with E-state index in [0.717, 1.165) is 24.2 Å². The van der Waals surface area contributed by atoms with E-state index in [1.54, 1.807) is 30.3 Å². The van der Waals surface area contributed by atoms with Crippen molar-refractivity contribution in [3.8, 4) is 6.07 Å². The smallest absolute Gasteiger partial charge is 0.245 e. The molecule has 0 unspecified atom stereocenters. The molecular weight excluding hydrogens is 459 g/mol. The van der Waals surface area contributed by atoms with Crippen LogP contribution in [-0.2, 0) is 21.4 Å². The van der Waals surface area contributed by atoms with Crippen molar-refractivity contribution in [2.45, 2.75) is 30.7 Å². The normalized spacial score (nSPS) is 18.3. The Hall–Kier alpha value is -2.59. The summed E-state index contributed by atoms with van der Waals surface area (Å²) in [7, 11) is 2.03. The molecule has 0 aromatic heterocycles. The lowest BCUT2D eigenvalue weighted by Crippen LogP contribution is -2.56. The summed E-state index contributed by atoms with van der Waals surface area (Å²) in [4.78, 5) is 30.9. The van der Waals surface area contributed by atoms with E-state index in [1.807, 2.05) is 24.1 Å². The number of nitriles is 1. The molecular formula is C25H26Cl2N4O2. The molecule has 2 amide bonds. The molecule has 2 fully saturated rings. The third-order valence-corrected chi connectivity index (χ3v) is 7.12. The van der Waals surface area contributed by atoms with Crippen molar-refractivity contribution in [3.05, 3.63) is 69.2 Å². The molecule has 1 aliphatic carbocycles. The summed E-state index contributed by atoms with van der Waals surface area (Å²) in [5, 5.41) is 13.1. The van der Waals surface area contributed by atoms with Crippen LogP contribution in [0.1, 0.15) is 29.5 Å². The molecule has 1 heterocycles. The standard InChI is InChI=1S/C25H26Cl2N4O2/c1-30-10-12-31(13-11-30)23(32)22(14-17-2-4-18(16-28)5-3-17)29-24(33)25(8-9-25)20-7-6-19(26)15-21(20)27/h2-7,15,22H,8-14H2,1H3,(H,29,33)/t22-/m0/s1. The largest absolute Gasteiger partial charge is 0.343 e. The van der Waals surface area contributed by atoms with E-state index >= 15 is 0 Å². The second kappa shape index (κ2) is 9.72. The van der Waals surface area contributed by atoms with Gasteiger partial charge in [0.05, 0.1) is 17.0 Å². The van der Waals surface area contributed by atoms with E-state index in [2.05, 4.69) is 16.3 Å². The Balaban J connectivity index is 1.56. The van der Waals surface area contributed by atoms with Crippen LogP contribution in [0, 0.1) is 11.3 Å². The number of piperazine rings is 1. The number of benzene rings is 2. The lowest BCUT2D eigenvalue weighted by Gasteiger charge is -2.35. The van der Waals surface area contributed by atoms with Crippen molar-refractivity contribution in [2.24, 2.45) is 0 Å². The third kappa shape index (κ3) is 5.16. The number of hydrogen-bond acceptors (Lipinski definition) is 4. The summed E-state index contributed by atoms with van der Waals surface area (Å²) in [5.74, 6) is -0.272. The fraction of sp³-hybridized carbons (Fsp3) is 0.400. The molecule has 8 heteroatoms. The summed E-state index contributed by atoms with van der Waals surface area (Å²) >= 11 is 12.5. The zero-order chi connectivity index (χ0) is 23.6. The van der Waals surface area contributed by atoms with Gasteiger partial charge in [-0.05, 0) is 55.3 Å². The van der Waals surface area contributed by atoms with Crippen LogP contribution < -0.4 is 5.32 Å². The van der Waals surface area contributed by atoms with Crippen LogP contribution in [0.4, 0.5) is 0 Å². The molecule has 1 N–H and O–H groups in total. The Bertz CT molecular complexity index is 1080. The maximum atomic E-state index is 13.5. The number of nitrogens with zero attached hydrogens (tertiary/aromatic N) is 3. The highest BCUT2D eigenvalue weighted by atomic mass is 35.5. The number of hydrogen-bond donors (Lipinski definition) is 1. The molecule has 1 atom stereocenters. The number of carbonyl (C=O) groups excluding carboxylic acids is 2. The second-order valence-electron chi connectivity index (χ2n) is 8.87. The first-order valence-electron chi connectivity index (χ1n) is 11.1. The number of carbonyl (C=O) groups is 2. The van der Waals surface area contributed by atoms with Gasteiger partial charge in [-0.15, -0.1) is 0 Å². The number of likely N-dealkylation sites (N-methyl/N-ethyl adjacent to an activating group) is 1. The monoisotopic (exact) mass is 484 g/mol. The fourth-order valence-electron chi connectivity index (χ4n) is 4.32. The molecule has 4 rings (SSSR count). The third-order valence-electron chi connectivity index (χ3n) is 6.57. The average molecular weight is 485 g/mol. The van der Waals surface area contributed by atoms with E-state index < -0.39 is 11.5 Å². The topological polar surface area (TPSA) is 76.4 Å². The van der Waals surface area contributed by atoms with Gasteiger partial charge in [-0.2, -0.15) is 5.26 Å². The van der Waals surface area contributed by atoms with E-state index in [0.29, 0.717) is 48.0 Å². The molecule has 1 aliphatic heterocycles. The van der Waals surface area contributed by atoms with Crippen LogP contribution >= 0.6 is 23.2 Å². The molecule has 2 aliphatic rings. The van der Waals surface area contributed by atoms with Gasteiger partial charge in [0.25, 0.3) is 0 Å². The first kappa shape index (κ1) is 23.6. The Kier molecular flexibility index (Phi) is 6.94. The van der Waals surface area contributed by atoms with Crippen LogP contribution in [0.2, 0.25) is 10.0 Å². The average Bonchev–Trinajstić information content (AvgIpc) is 3.61. The van der Waals surface area contributed by atoms with Crippen LogP contribution in [0.15, 0.2) is 42.5 Å². The van der Waals surface area contributed by atoms with Gasteiger partial charge in [0.2, 0.25) is 11.8 Å². The Morgan fingerprint density at radius 3 is 2.33 bits per heavy atom. The van der Waals surface area contributed by atoms with Crippen LogP contribution in [-0.4, -0.2) is 60.9 Å². The summed E-state index contributed by atoms with van der Waals surface area (Å²) < 4.78 is 0. The van der Waals surface area contributed by atoms with Crippen molar-refractivity contribution in [1.29, 1.82) is 5.26 Å². The van der Waals surface area contributed by atoms with E-state index in [1.165, 1.54) is 0 Å². The van der Waals surface area contributed by atoms with Crippen LogP contribution in [0.25, 0.3) is 0 Å². The van der Waals surface area contributed by atoms with Crippen molar-refractivity contribution in [2.75, 3.05) is 33.2 Å². The van der Waals surface area contributed by atoms with Gasteiger partial charge in [0, 0.05) is 42.6 Å². The summed E-state index contributed by atoms with van der Waals surface area (Å²) in [6.45, 7) is 2.85. The number of halogens is 2. The highest BCUT2D eigenvalue weighted by molar-refractivity contribution is 6.35. The van der Waals surface area contributed by atoms with E-state index in [-0.39, 0.29) is 11.8 Å². The highest BCUT2D eigenvalue weighted by Crippen LogP contribution is 2.51. The molecule has 33 heavy (non-hydrogen) atoms. The van der Waals surface area contributed by atoms with Gasteiger partial charge in [-0.3, -0.25) is 9.59 Å². The van der Waals surface area contributed by atoms with Crippen molar-refractivity contribution in [3.63, 3.8) is 0 Å². The Morgan fingerprint density at radius 2 is 1.76 bits per heavy atom. The van der Waals surface area contributed by atoms with Crippen molar-refractivity contribution >= 4 is 35.0 Å². The quantitative estimate of drug-likeness (QED) is 0.681. The molecule has 1 saturated carbocycles. The molecule has 2 aromatic carbocycles. The summed E-state index contributed by atoms with van der Waals surface area (Å²) in [5.41, 5.74) is 1.46. The fourth-order valence-corrected chi connectivity index (χ4v) is 4.91. The minimum Gasteiger partial charge on any atom is -0.343 e. The predicted octanol–water partition coefficient (Wildman–Crippen LogP) is 3.40. The zero-order valence-corrected chi connectivity index (χ0v) is 20.0. The number of rotatable bonds is 6. The van der Waals surface area contributed by atoms with Crippen molar-refractivity contribution in [1.82, 2.24) is 15.1 Å². The minimum atomic E-state index is -0.729. The second-order valence-corrected chi connectivity index (χ2v) is 9.72. The minimum absolute atomic E-state index is 0.0844. The number of amides is 2. The number of nitrogens with one attached hydrogen (secondary N) is 1. The Morgan fingerprint density at radius 1 is 1.09 bits per heavy atom. The van der Waals surface area contributed by atoms with Gasteiger partial charge in [0.15, 0.2) is 0 Å². The predicted molar refractivity (Wildman–Crippen MR) is 128 cm³/mol.